The minimum Gasteiger partial charge on any atom is -0.383 e. The van der Waals surface area contributed by atoms with E-state index in [9.17, 15) is 0 Å². The molecule has 0 amide bonds. The molecule has 0 spiro atoms. The second kappa shape index (κ2) is 2.61. The molecule has 2 aliphatic heterocycles. The van der Waals surface area contributed by atoms with Gasteiger partial charge in [0.2, 0.25) is 0 Å². The first-order valence-electron chi connectivity index (χ1n) is 3.38. The molecule has 0 radical (unpaired) electrons. The molecule has 0 bridgehead atoms. The minimum absolute atomic E-state index is 0.241. The maximum Gasteiger partial charge on any atom is 0.194 e. The lowest BCUT2D eigenvalue weighted by molar-refractivity contribution is 0.822. The van der Waals surface area contributed by atoms with Crippen LogP contribution < -0.4 is 5.73 Å². The van der Waals surface area contributed by atoms with Crippen molar-refractivity contribution in [3.63, 3.8) is 0 Å². The van der Waals surface area contributed by atoms with Crippen LogP contribution in [0.15, 0.2) is 29.5 Å². The number of nitrogens with zero attached hydrogens (tertiary/aromatic N) is 4. The first-order chi connectivity index (χ1) is 5.68. The van der Waals surface area contributed by atoms with E-state index in [4.69, 9.17) is 5.73 Å². The van der Waals surface area contributed by atoms with Gasteiger partial charge in [-0.2, -0.15) is 5.11 Å². The summed E-state index contributed by atoms with van der Waals surface area (Å²) in [6, 6.07) is 0. The van der Waals surface area contributed by atoms with Gasteiger partial charge in [0.25, 0.3) is 0 Å². The Kier molecular flexibility index (Phi) is 1.71. The van der Waals surface area contributed by atoms with Crippen molar-refractivity contribution in [2.24, 2.45) is 25.9 Å². The van der Waals surface area contributed by atoms with E-state index in [1.54, 1.807) is 6.92 Å². The molecule has 2 heterocycles. The van der Waals surface area contributed by atoms with E-state index in [0.29, 0.717) is 11.7 Å². The summed E-state index contributed by atoms with van der Waals surface area (Å²) in [5, 5.41) is 7.82. The van der Waals surface area contributed by atoms with Crippen LogP contribution in [0.2, 0.25) is 0 Å². The summed E-state index contributed by atoms with van der Waals surface area (Å²) in [5.74, 6) is 1.15. The molecule has 0 fully saturated rings. The van der Waals surface area contributed by atoms with E-state index in [1.807, 2.05) is 0 Å². The zero-order chi connectivity index (χ0) is 8.72. The normalized spacial score (nSPS) is 27.0. The number of rotatable bonds is 0. The fourth-order valence-corrected chi connectivity index (χ4v) is 1.77. The van der Waals surface area contributed by atoms with Gasteiger partial charge in [-0.25, -0.2) is 9.98 Å². The van der Waals surface area contributed by atoms with Crippen LogP contribution >= 0.6 is 22.6 Å². The maximum atomic E-state index is 5.69. The summed E-state index contributed by atoms with van der Waals surface area (Å²) in [5.41, 5.74) is 6.52. The average molecular weight is 275 g/mol. The Labute approximate surface area is 82.7 Å². The van der Waals surface area contributed by atoms with Crippen LogP contribution in [0.5, 0.6) is 0 Å². The lowest BCUT2D eigenvalue weighted by Crippen LogP contribution is -2.26. The van der Waals surface area contributed by atoms with Gasteiger partial charge in [-0.1, -0.05) is 0 Å². The number of amidine groups is 2. The predicted octanol–water partition coefficient (Wildman–Crippen LogP) is 1.21. The highest BCUT2D eigenvalue weighted by Gasteiger charge is 2.27. The molecule has 0 saturated heterocycles. The van der Waals surface area contributed by atoms with Gasteiger partial charge in [0.15, 0.2) is 6.17 Å². The zero-order valence-corrected chi connectivity index (χ0v) is 8.48. The Morgan fingerprint density at radius 2 is 2.25 bits per heavy atom. The molecule has 0 unspecified atom stereocenters. The monoisotopic (exact) mass is 275 g/mol. The standard InChI is InChI=1S/C6H6IN5/c1-2-9-5(8)3-4(7)11-12-6(3)10-2/h6H,1H3,(H2,8,9,10)/t6-/m1/s1. The Morgan fingerprint density at radius 3 is 3.00 bits per heavy atom. The number of nitrogens with two attached hydrogens (primary N) is 1. The molecule has 12 heavy (non-hydrogen) atoms. The van der Waals surface area contributed by atoms with Crippen LogP contribution in [0, 0.1) is 0 Å². The number of aliphatic imine (C=N–C) groups is 2. The molecule has 62 valence electrons. The van der Waals surface area contributed by atoms with E-state index in [1.165, 1.54) is 0 Å². The molecule has 0 aromatic heterocycles. The van der Waals surface area contributed by atoms with E-state index in [0.717, 1.165) is 9.28 Å². The Bertz CT molecular complexity index is 351. The molecule has 2 aliphatic rings. The molecular formula is C6H6IN5. The summed E-state index contributed by atoms with van der Waals surface area (Å²) in [7, 11) is 0. The molecule has 0 aliphatic carbocycles. The SMILES string of the molecule is CC1=N[C@@H]2N=NC(I)=C2C(N)=N1. The van der Waals surface area contributed by atoms with E-state index in [-0.39, 0.29) is 6.17 Å². The second-order valence-corrected chi connectivity index (χ2v) is 3.49. The first kappa shape index (κ1) is 7.84. The van der Waals surface area contributed by atoms with Crippen LogP contribution in [-0.4, -0.2) is 17.8 Å². The molecule has 0 saturated carbocycles. The Balaban J connectivity index is 2.51. The topological polar surface area (TPSA) is 75.5 Å². The first-order valence-corrected chi connectivity index (χ1v) is 4.46. The van der Waals surface area contributed by atoms with Crippen molar-refractivity contribution in [1.29, 1.82) is 0 Å². The van der Waals surface area contributed by atoms with Gasteiger partial charge in [-0.15, -0.1) is 5.11 Å². The van der Waals surface area contributed by atoms with Crippen molar-refractivity contribution in [3.8, 4) is 0 Å². The fraction of sp³-hybridized carbons (Fsp3) is 0.333. The number of halogens is 1. The van der Waals surface area contributed by atoms with Crippen LogP contribution in [0.3, 0.4) is 0 Å². The van der Waals surface area contributed by atoms with Gasteiger partial charge < -0.3 is 5.73 Å². The Morgan fingerprint density at radius 1 is 1.50 bits per heavy atom. The Hall–Kier alpha value is -0.790. The van der Waals surface area contributed by atoms with Crippen molar-refractivity contribution in [3.05, 3.63) is 9.28 Å². The third kappa shape index (κ3) is 1.06. The third-order valence-electron chi connectivity index (χ3n) is 1.60. The van der Waals surface area contributed by atoms with Crippen LogP contribution in [0.1, 0.15) is 6.92 Å². The maximum absolute atomic E-state index is 5.69. The summed E-state index contributed by atoms with van der Waals surface area (Å²) < 4.78 is 0.787. The smallest absolute Gasteiger partial charge is 0.194 e. The summed E-state index contributed by atoms with van der Waals surface area (Å²) in [6.07, 6.45) is -0.241. The van der Waals surface area contributed by atoms with Gasteiger partial charge in [0.05, 0.1) is 5.57 Å². The molecular weight excluding hydrogens is 269 g/mol. The summed E-state index contributed by atoms with van der Waals surface area (Å²) in [6.45, 7) is 1.80. The largest absolute Gasteiger partial charge is 0.383 e. The average Bonchev–Trinajstić information content (AvgIpc) is 2.31. The molecule has 2 N–H and O–H groups in total. The van der Waals surface area contributed by atoms with Gasteiger partial charge in [0, 0.05) is 0 Å². The quantitative estimate of drug-likeness (QED) is 0.523. The van der Waals surface area contributed by atoms with Crippen LogP contribution in [0.4, 0.5) is 0 Å². The fourth-order valence-electron chi connectivity index (χ4n) is 1.09. The predicted molar refractivity (Wildman–Crippen MR) is 54.4 cm³/mol. The number of hydrogen-bond acceptors (Lipinski definition) is 5. The van der Waals surface area contributed by atoms with Gasteiger partial charge in [0.1, 0.15) is 15.4 Å². The number of hydrogen-bond donors (Lipinski definition) is 1. The molecule has 2 rings (SSSR count). The zero-order valence-electron chi connectivity index (χ0n) is 6.32. The highest BCUT2D eigenvalue weighted by atomic mass is 127. The van der Waals surface area contributed by atoms with E-state index >= 15 is 0 Å². The molecule has 1 atom stereocenters. The molecule has 0 aromatic rings. The van der Waals surface area contributed by atoms with Crippen molar-refractivity contribution in [2.75, 3.05) is 0 Å². The lowest BCUT2D eigenvalue weighted by atomic mass is 10.2. The highest BCUT2D eigenvalue weighted by Crippen LogP contribution is 2.29. The summed E-state index contributed by atoms with van der Waals surface area (Å²) in [4.78, 5) is 8.21. The highest BCUT2D eigenvalue weighted by molar-refractivity contribution is 14.1. The van der Waals surface area contributed by atoms with Crippen molar-refractivity contribution in [2.45, 2.75) is 13.1 Å². The van der Waals surface area contributed by atoms with Gasteiger partial charge >= 0.3 is 0 Å². The van der Waals surface area contributed by atoms with Gasteiger partial charge in [-0.3, -0.25) is 0 Å². The number of azo groups is 1. The van der Waals surface area contributed by atoms with Crippen LogP contribution in [0.25, 0.3) is 0 Å². The van der Waals surface area contributed by atoms with Gasteiger partial charge in [-0.05, 0) is 29.5 Å². The van der Waals surface area contributed by atoms with E-state index in [2.05, 4.69) is 42.8 Å². The number of fused-ring (bicyclic) bond motifs is 1. The van der Waals surface area contributed by atoms with Crippen molar-refractivity contribution in [1.82, 2.24) is 0 Å². The lowest BCUT2D eigenvalue weighted by Gasteiger charge is -2.11. The third-order valence-corrected chi connectivity index (χ3v) is 2.40. The van der Waals surface area contributed by atoms with Crippen molar-refractivity contribution < 1.29 is 0 Å². The van der Waals surface area contributed by atoms with E-state index < -0.39 is 0 Å². The molecule has 5 nitrogen and oxygen atoms in total. The summed E-state index contributed by atoms with van der Waals surface area (Å²) >= 11 is 2.08. The van der Waals surface area contributed by atoms with Crippen molar-refractivity contribution >= 4 is 34.3 Å². The second-order valence-electron chi connectivity index (χ2n) is 2.47. The molecule has 0 aromatic carbocycles. The molecule has 6 heteroatoms. The van der Waals surface area contributed by atoms with Crippen LogP contribution in [-0.2, 0) is 0 Å². The minimum atomic E-state index is -0.241.